The molecule has 0 spiro atoms. The van der Waals surface area contributed by atoms with Gasteiger partial charge in [0.15, 0.2) is 0 Å². The van der Waals surface area contributed by atoms with E-state index in [1.807, 2.05) is 4.90 Å². The summed E-state index contributed by atoms with van der Waals surface area (Å²) in [5.74, 6) is 0.269. The lowest BCUT2D eigenvalue weighted by Gasteiger charge is -2.39. The molecule has 2 heterocycles. The molecule has 1 aromatic carbocycles. The Morgan fingerprint density at radius 2 is 1.75 bits per heavy atom. The Morgan fingerprint density at radius 1 is 1.08 bits per heavy atom. The maximum Gasteiger partial charge on any atom is 0.236 e. The zero-order valence-electron chi connectivity index (χ0n) is 14.7. The molecule has 24 heavy (non-hydrogen) atoms. The van der Waals surface area contributed by atoms with Gasteiger partial charge in [0, 0.05) is 51.4 Å². The maximum atomic E-state index is 12.6. The predicted molar refractivity (Wildman–Crippen MR) is 96.5 cm³/mol. The monoisotopic (exact) mass is 330 g/mol. The van der Waals surface area contributed by atoms with Gasteiger partial charge >= 0.3 is 0 Å². The topological polar surface area (TPSA) is 52.8 Å². The molecule has 3 rings (SSSR count). The van der Waals surface area contributed by atoms with E-state index in [0.29, 0.717) is 6.54 Å². The summed E-state index contributed by atoms with van der Waals surface area (Å²) in [6, 6.07) is 11.1. The van der Waals surface area contributed by atoms with Gasteiger partial charge in [0.2, 0.25) is 5.91 Å². The third-order valence-electron chi connectivity index (χ3n) is 5.31. The van der Waals surface area contributed by atoms with E-state index >= 15 is 0 Å². The van der Waals surface area contributed by atoms with Crippen LogP contribution in [0.2, 0.25) is 0 Å². The molecule has 2 aliphatic rings. The van der Waals surface area contributed by atoms with Crippen molar-refractivity contribution in [3.05, 3.63) is 35.9 Å². The van der Waals surface area contributed by atoms with E-state index in [9.17, 15) is 4.79 Å². The first-order valence-electron chi connectivity index (χ1n) is 9.15. The number of rotatable bonds is 4. The molecule has 2 aliphatic heterocycles. The molecule has 0 aliphatic carbocycles. The van der Waals surface area contributed by atoms with Gasteiger partial charge < -0.3 is 10.6 Å². The molecule has 0 radical (unpaired) electrons. The van der Waals surface area contributed by atoms with Gasteiger partial charge in [0.05, 0.1) is 6.54 Å². The van der Waals surface area contributed by atoms with Crippen LogP contribution >= 0.6 is 0 Å². The van der Waals surface area contributed by atoms with Crippen LogP contribution < -0.4 is 5.73 Å². The van der Waals surface area contributed by atoms with Crippen molar-refractivity contribution in [1.82, 2.24) is 14.7 Å². The molecule has 0 aromatic heterocycles. The standard InChI is InChI=1S/C19H30N4O/c1-16-13-18(20)7-8-23(16)19(24)15-22-11-9-21(10-12-22)14-17-5-3-2-4-6-17/h2-6,16,18H,7-15,20H2,1H3/t16-,18-/m0/s1. The summed E-state index contributed by atoms with van der Waals surface area (Å²) in [5.41, 5.74) is 7.36. The van der Waals surface area contributed by atoms with Crippen molar-refractivity contribution >= 4 is 5.91 Å². The minimum Gasteiger partial charge on any atom is -0.339 e. The van der Waals surface area contributed by atoms with Gasteiger partial charge in [-0.25, -0.2) is 0 Å². The molecular weight excluding hydrogens is 300 g/mol. The summed E-state index contributed by atoms with van der Waals surface area (Å²) < 4.78 is 0. The van der Waals surface area contributed by atoms with Crippen molar-refractivity contribution < 1.29 is 4.79 Å². The molecular formula is C19H30N4O. The Balaban J connectivity index is 1.43. The minimum atomic E-state index is 0.255. The highest BCUT2D eigenvalue weighted by Gasteiger charge is 2.28. The second kappa shape index (κ2) is 8.10. The van der Waals surface area contributed by atoms with Crippen LogP contribution in [-0.2, 0) is 11.3 Å². The molecule has 2 fully saturated rings. The average molecular weight is 330 g/mol. The highest BCUT2D eigenvalue weighted by atomic mass is 16.2. The first-order valence-corrected chi connectivity index (χ1v) is 9.15. The molecule has 2 N–H and O–H groups in total. The number of amides is 1. The fraction of sp³-hybridized carbons (Fsp3) is 0.632. The van der Waals surface area contributed by atoms with E-state index in [1.165, 1.54) is 5.56 Å². The summed E-state index contributed by atoms with van der Waals surface area (Å²) in [7, 11) is 0. The largest absolute Gasteiger partial charge is 0.339 e. The highest BCUT2D eigenvalue weighted by molar-refractivity contribution is 5.78. The number of nitrogens with two attached hydrogens (primary N) is 1. The SMILES string of the molecule is C[C@H]1C[C@@H](N)CCN1C(=O)CN1CCN(Cc2ccccc2)CC1. The summed E-state index contributed by atoms with van der Waals surface area (Å²) in [5, 5.41) is 0. The van der Waals surface area contributed by atoms with Gasteiger partial charge in [-0.2, -0.15) is 0 Å². The smallest absolute Gasteiger partial charge is 0.236 e. The molecule has 1 aromatic rings. The van der Waals surface area contributed by atoms with E-state index in [2.05, 4.69) is 47.1 Å². The van der Waals surface area contributed by atoms with Crippen molar-refractivity contribution in [2.24, 2.45) is 5.73 Å². The molecule has 2 atom stereocenters. The van der Waals surface area contributed by atoms with Gasteiger partial charge in [-0.3, -0.25) is 14.6 Å². The Bertz CT molecular complexity index is 527. The lowest BCUT2D eigenvalue weighted by molar-refractivity contribution is -0.136. The zero-order chi connectivity index (χ0) is 16.9. The Hall–Kier alpha value is -1.43. The van der Waals surface area contributed by atoms with Crippen molar-refractivity contribution in [3.8, 4) is 0 Å². The van der Waals surface area contributed by atoms with Gasteiger partial charge in [0.25, 0.3) is 0 Å². The number of carbonyl (C=O) groups excluding carboxylic acids is 1. The van der Waals surface area contributed by atoms with Crippen LogP contribution in [-0.4, -0.2) is 72.0 Å². The zero-order valence-corrected chi connectivity index (χ0v) is 14.7. The third-order valence-corrected chi connectivity index (χ3v) is 5.31. The molecule has 2 saturated heterocycles. The van der Waals surface area contributed by atoms with Crippen LogP contribution in [0.25, 0.3) is 0 Å². The highest BCUT2D eigenvalue weighted by Crippen LogP contribution is 2.16. The second-order valence-corrected chi connectivity index (χ2v) is 7.26. The van der Waals surface area contributed by atoms with Crippen LogP contribution in [0.3, 0.4) is 0 Å². The minimum absolute atomic E-state index is 0.255. The number of hydrogen-bond acceptors (Lipinski definition) is 4. The quantitative estimate of drug-likeness (QED) is 0.900. The third kappa shape index (κ3) is 4.56. The van der Waals surface area contributed by atoms with Gasteiger partial charge in [0.1, 0.15) is 0 Å². The number of carbonyl (C=O) groups is 1. The number of benzene rings is 1. The van der Waals surface area contributed by atoms with E-state index in [-0.39, 0.29) is 18.0 Å². The average Bonchev–Trinajstić information content (AvgIpc) is 2.57. The Labute approximate surface area is 145 Å². The lowest BCUT2D eigenvalue weighted by atomic mass is 9.99. The predicted octanol–water partition coefficient (Wildman–Crippen LogP) is 1.14. The number of piperazine rings is 1. The number of likely N-dealkylation sites (tertiary alicyclic amines) is 1. The maximum absolute atomic E-state index is 12.6. The Morgan fingerprint density at radius 3 is 2.42 bits per heavy atom. The first-order chi connectivity index (χ1) is 11.6. The second-order valence-electron chi connectivity index (χ2n) is 7.26. The molecule has 0 bridgehead atoms. The van der Waals surface area contributed by atoms with E-state index < -0.39 is 0 Å². The van der Waals surface area contributed by atoms with Gasteiger partial charge in [-0.1, -0.05) is 30.3 Å². The van der Waals surface area contributed by atoms with Crippen LogP contribution in [0.1, 0.15) is 25.3 Å². The Kier molecular flexibility index (Phi) is 5.87. The molecule has 0 unspecified atom stereocenters. The summed E-state index contributed by atoms with van der Waals surface area (Å²) >= 11 is 0. The molecule has 132 valence electrons. The number of hydrogen-bond donors (Lipinski definition) is 1. The molecule has 5 nitrogen and oxygen atoms in total. The van der Waals surface area contributed by atoms with E-state index in [4.69, 9.17) is 5.73 Å². The number of piperidine rings is 1. The van der Waals surface area contributed by atoms with Crippen molar-refractivity contribution in [2.45, 2.75) is 38.4 Å². The van der Waals surface area contributed by atoms with Crippen molar-refractivity contribution in [1.29, 1.82) is 0 Å². The van der Waals surface area contributed by atoms with Crippen LogP contribution in [0.5, 0.6) is 0 Å². The molecule has 0 saturated carbocycles. The fourth-order valence-corrected chi connectivity index (χ4v) is 3.81. The van der Waals surface area contributed by atoms with Crippen molar-refractivity contribution in [3.63, 3.8) is 0 Å². The molecule has 5 heteroatoms. The van der Waals surface area contributed by atoms with E-state index in [0.717, 1.165) is 52.1 Å². The molecule has 1 amide bonds. The van der Waals surface area contributed by atoms with Crippen LogP contribution in [0.4, 0.5) is 0 Å². The van der Waals surface area contributed by atoms with Crippen LogP contribution in [0, 0.1) is 0 Å². The first kappa shape index (κ1) is 17.4. The summed E-state index contributed by atoms with van der Waals surface area (Å²) in [4.78, 5) is 19.4. The van der Waals surface area contributed by atoms with E-state index in [1.54, 1.807) is 0 Å². The lowest BCUT2D eigenvalue weighted by Crippen LogP contribution is -2.53. The van der Waals surface area contributed by atoms with Crippen molar-refractivity contribution in [2.75, 3.05) is 39.3 Å². The number of nitrogens with zero attached hydrogens (tertiary/aromatic N) is 3. The normalized spacial score (nSPS) is 26.5. The summed E-state index contributed by atoms with van der Waals surface area (Å²) in [6.45, 7) is 8.50. The van der Waals surface area contributed by atoms with Gasteiger partial charge in [-0.05, 0) is 25.3 Å². The van der Waals surface area contributed by atoms with Crippen LogP contribution in [0.15, 0.2) is 30.3 Å². The fourth-order valence-electron chi connectivity index (χ4n) is 3.81. The van der Waals surface area contributed by atoms with Gasteiger partial charge in [-0.15, -0.1) is 0 Å². The summed E-state index contributed by atoms with van der Waals surface area (Å²) in [6.07, 6.45) is 1.86.